The number of nitrogens with zero attached hydrogens (tertiary/aromatic N) is 3. The van der Waals surface area contributed by atoms with Crippen LogP contribution in [0.25, 0.3) is 44.0 Å². The van der Waals surface area contributed by atoms with Gasteiger partial charge in [0.1, 0.15) is 11.4 Å². The predicted molar refractivity (Wildman–Crippen MR) is 144 cm³/mol. The van der Waals surface area contributed by atoms with Gasteiger partial charge in [0.05, 0.1) is 46.3 Å². The molecule has 0 radical (unpaired) electrons. The van der Waals surface area contributed by atoms with Gasteiger partial charge >= 0.3 is 10.5 Å². The zero-order chi connectivity index (χ0) is 27.5. The van der Waals surface area contributed by atoms with Gasteiger partial charge in [0.15, 0.2) is 11.2 Å². The molecule has 6 rings (SSSR count). The number of hydrogen-bond acceptors (Lipinski definition) is 8. The van der Waals surface area contributed by atoms with Gasteiger partial charge in [-0.2, -0.15) is 13.7 Å². The molecular formula is C27H22FN5O5S. The first-order valence-electron chi connectivity index (χ1n) is 12.2. The molecule has 0 atom stereocenters. The van der Waals surface area contributed by atoms with Crippen LogP contribution in [-0.2, 0) is 10.5 Å². The maximum absolute atomic E-state index is 14.0. The van der Waals surface area contributed by atoms with E-state index >= 15 is 0 Å². The number of rotatable bonds is 6. The number of fused-ring (bicyclic) bond motifs is 4. The van der Waals surface area contributed by atoms with Gasteiger partial charge < -0.3 is 23.8 Å². The van der Waals surface area contributed by atoms with Crippen LogP contribution in [0.1, 0.15) is 25.5 Å². The lowest BCUT2D eigenvalue weighted by molar-refractivity contribution is 0.244. The number of nitrogens with one attached hydrogen (secondary N) is 2. The Balaban J connectivity index is 1.69. The smallest absolute Gasteiger partial charge is 0.488 e. The van der Waals surface area contributed by atoms with Crippen molar-refractivity contribution in [3.05, 3.63) is 64.6 Å². The number of hydrogen-bond donors (Lipinski definition) is 2. The molecule has 10 nitrogen and oxygen atoms in total. The number of aromatic nitrogens is 3. The molecule has 12 heteroatoms. The normalized spacial score (nSPS) is 14.1. The third-order valence-electron chi connectivity index (χ3n) is 6.69. The van der Waals surface area contributed by atoms with Crippen LogP contribution in [-0.4, -0.2) is 42.1 Å². The highest BCUT2D eigenvalue weighted by atomic mass is 32.3. The van der Waals surface area contributed by atoms with Crippen LogP contribution < -0.4 is 19.7 Å². The maximum Gasteiger partial charge on any atom is 0.488 e. The maximum atomic E-state index is 14.0. The van der Waals surface area contributed by atoms with E-state index in [0.29, 0.717) is 68.4 Å². The lowest BCUT2D eigenvalue weighted by Crippen LogP contribution is -2.44. The van der Waals surface area contributed by atoms with E-state index in [4.69, 9.17) is 4.74 Å². The Hall–Kier alpha value is -4.47. The summed E-state index contributed by atoms with van der Waals surface area (Å²) >= 11 is 0. The molecule has 2 aromatic carbocycles. The molecule has 1 fully saturated rings. The third-order valence-corrected chi connectivity index (χ3v) is 7.08. The van der Waals surface area contributed by atoms with E-state index in [1.54, 1.807) is 30.3 Å². The standard InChI is InChI=1S/C27H22FN5O5S/c1-14(2)37-24-8-21-23(7-20(24)16-6-18(13-30-10-16)38-39(28,35)36)33(17-11-31-12-17)27-25(26(21)34)19-4-3-15(9-29)5-22(19)32-27/h3-8,10,13-14,17,31-32H,11-12H2,1-2H3. The van der Waals surface area contributed by atoms with Crippen LogP contribution in [0.5, 0.6) is 11.5 Å². The van der Waals surface area contributed by atoms with Gasteiger partial charge in [-0.15, -0.1) is 0 Å². The molecule has 39 heavy (non-hydrogen) atoms. The van der Waals surface area contributed by atoms with Crippen LogP contribution >= 0.6 is 0 Å². The molecule has 3 aromatic heterocycles. The minimum absolute atomic E-state index is 0.0355. The van der Waals surface area contributed by atoms with E-state index < -0.39 is 10.5 Å². The molecule has 1 aliphatic heterocycles. The fourth-order valence-corrected chi connectivity index (χ4v) is 5.33. The zero-order valence-electron chi connectivity index (χ0n) is 20.9. The van der Waals surface area contributed by atoms with E-state index in [1.165, 1.54) is 12.3 Å². The SMILES string of the molecule is CC(C)Oc1cc2c(=O)c3c4ccc(C#N)cc4[nH]c3n(C3CNC3)c2cc1-c1cncc(OS(=O)(=O)F)c1. The second kappa shape index (κ2) is 9.07. The van der Waals surface area contributed by atoms with E-state index in [9.17, 15) is 22.4 Å². The van der Waals surface area contributed by atoms with Crippen LogP contribution in [0.3, 0.4) is 0 Å². The minimum Gasteiger partial charge on any atom is -0.490 e. The molecule has 1 aliphatic rings. The molecule has 0 spiro atoms. The highest BCUT2D eigenvalue weighted by Gasteiger charge is 2.27. The summed E-state index contributed by atoms with van der Waals surface area (Å²) in [5, 5.41) is 14.3. The summed E-state index contributed by atoms with van der Waals surface area (Å²) in [4.78, 5) is 21.4. The van der Waals surface area contributed by atoms with Crippen molar-refractivity contribution in [1.29, 1.82) is 5.26 Å². The number of ether oxygens (including phenoxy) is 1. The van der Waals surface area contributed by atoms with Gasteiger partial charge in [-0.25, -0.2) is 0 Å². The predicted octanol–water partition coefficient (Wildman–Crippen LogP) is 4.09. The Morgan fingerprint density at radius 3 is 2.62 bits per heavy atom. The van der Waals surface area contributed by atoms with Crippen molar-refractivity contribution in [2.45, 2.75) is 26.0 Å². The van der Waals surface area contributed by atoms with Crippen LogP contribution in [0.15, 0.2) is 53.6 Å². The van der Waals surface area contributed by atoms with Crippen molar-refractivity contribution < 1.29 is 21.2 Å². The highest BCUT2D eigenvalue weighted by molar-refractivity contribution is 7.81. The fourth-order valence-electron chi connectivity index (χ4n) is 5.01. The molecular weight excluding hydrogens is 525 g/mol. The molecule has 5 aromatic rings. The van der Waals surface area contributed by atoms with Gasteiger partial charge in [-0.05, 0) is 44.2 Å². The quantitative estimate of drug-likeness (QED) is 0.303. The number of aromatic amines is 1. The van der Waals surface area contributed by atoms with Gasteiger partial charge in [-0.1, -0.05) is 9.95 Å². The Morgan fingerprint density at radius 2 is 1.95 bits per heavy atom. The number of H-pyrrole nitrogens is 1. The van der Waals surface area contributed by atoms with Gasteiger partial charge in [0, 0.05) is 41.3 Å². The zero-order valence-corrected chi connectivity index (χ0v) is 21.7. The van der Waals surface area contributed by atoms with Crippen LogP contribution in [0.2, 0.25) is 0 Å². The topological polar surface area (TPSA) is 139 Å². The van der Waals surface area contributed by atoms with Gasteiger partial charge in [0.2, 0.25) is 0 Å². The number of halogens is 1. The summed E-state index contributed by atoms with van der Waals surface area (Å²) in [6.45, 7) is 5.06. The number of nitriles is 1. The Morgan fingerprint density at radius 1 is 1.15 bits per heavy atom. The van der Waals surface area contributed by atoms with Crippen LogP contribution in [0, 0.1) is 11.3 Å². The largest absolute Gasteiger partial charge is 0.490 e. The summed E-state index contributed by atoms with van der Waals surface area (Å²) in [5.74, 6) is 0.0754. The van der Waals surface area contributed by atoms with E-state index in [0.717, 1.165) is 6.20 Å². The van der Waals surface area contributed by atoms with Crippen molar-refractivity contribution in [2.24, 2.45) is 0 Å². The lowest BCUT2D eigenvalue weighted by Gasteiger charge is -2.32. The summed E-state index contributed by atoms with van der Waals surface area (Å²) in [6, 6.07) is 12.2. The first kappa shape index (κ1) is 24.8. The van der Waals surface area contributed by atoms with E-state index in [2.05, 4.69) is 30.1 Å². The molecule has 0 saturated carbocycles. The Labute approximate surface area is 222 Å². The van der Waals surface area contributed by atoms with E-state index in [-0.39, 0.29) is 23.3 Å². The van der Waals surface area contributed by atoms with Crippen molar-refractivity contribution in [1.82, 2.24) is 19.9 Å². The average Bonchev–Trinajstić information content (AvgIpc) is 3.22. The van der Waals surface area contributed by atoms with Crippen molar-refractivity contribution in [3.8, 4) is 28.7 Å². The molecule has 198 valence electrons. The highest BCUT2D eigenvalue weighted by Crippen LogP contribution is 2.38. The number of benzene rings is 2. The number of pyridine rings is 2. The molecule has 0 amide bonds. The fraction of sp³-hybridized carbons (Fsp3) is 0.222. The van der Waals surface area contributed by atoms with Crippen molar-refractivity contribution in [2.75, 3.05) is 13.1 Å². The summed E-state index contributed by atoms with van der Waals surface area (Å²) in [5.41, 5.74) is 3.15. The summed E-state index contributed by atoms with van der Waals surface area (Å²) in [7, 11) is -5.25. The molecule has 0 aliphatic carbocycles. The van der Waals surface area contributed by atoms with Gasteiger partial charge in [-0.3, -0.25) is 9.78 Å². The van der Waals surface area contributed by atoms with Crippen molar-refractivity contribution in [3.63, 3.8) is 0 Å². The molecule has 1 saturated heterocycles. The second-order valence-electron chi connectivity index (χ2n) is 9.65. The second-order valence-corrected chi connectivity index (χ2v) is 10.6. The minimum atomic E-state index is -5.25. The monoisotopic (exact) mass is 547 g/mol. The average molecular weight is 548 g/mol. The molecule has 2 N–H and O–H groups in total. The van der Waals surface area contributed by atoms with Crippen molar-refractivity contribution >= 4 is 43.3 Å². The molecule has 0 bridgehead atoms. The molecule has 4 heterocycles. The van der Waals surface area contributed by atoms with E-state index in [1.807, 2.05) is 13.8 Å². The Bertz CT molecular complexity index is 2010. The third kappa shape index (κ3) is 4.35. The summed E-state index contributed by atoms with van der Waals surface area (Å²) < 4.78 is 47.9. The van der Waals surface area contributed by atoms with Crippen LogP contribution in [0.4, 0.5) is 3.89 Å². The Kier molecular flexibility index (Phi) is 5.78. The first-order valence-corrected chi connectivity index (χ1v) is 13.5. The van der Waals surface area contributed by atoms with Gasteiger partial charge in [0.25, 0.3) is 0 Å². The first-order chi connectivity index (χ1) is 18.6. The summed E-state index contributed by atoms with van der Waals surface area (Å²) in [6.07, 6.45) is 2.31. The molecule has 0 unspecified atom stereocenters. The lowest BCUT2D eigenvalue weighted by atomic mass is 10.0.